The van der Waals surface area contributed by atoms with Gasteiger partial charge in [0.25, 0.3) is 5.91 Å². The lowest BCUT2D eigenvalue weighted by molar-refractivity contribution is -0.145. The van der Waals surface area contributed by atoms with Crippen LogP contribution in [0.15, 0.2) is 42.5 Å². The number of likely N-dealkylation sites (N-methyl/N-ethyl adjacent to an activating group) is 1. The Morgan fingerprint density at radius 2 is 1.71 bits per heavy atom. The number of aliphatic hydroxyl groups is 1. The molecule has 1 amide bonds. The van der Waals surface area contributed by atoms with Crippen molar-refractivity contribution in [3.63, 3.8) is 0 Å². The van der Waals surface area contributed by atoms with Crippen molar-refractivity contribution in [2.24, 2.45) is 5.92 Å². The van der Waals surface area contributed by atoms with Crippen LogP contribution < -0.4 is 9.64 Å². The first-order valence-electron chi connectivity index (χ1n) is 18.1. The first kappa shape index (κ1) is 36.0. The number of aliphatic hydroxyl groups excluding tert-OH is 1. The zero-order chi connectivity index (χ0) is 34.5. The molecule has 49 heavy (non-hydrogen) atoms. The van der Waals surface area contributed by atoms with Crippen LogP contribution in [-0.4, -0.2) is 131 Å². The Balaban J connectivity index is 1.13. The van der Waals surface area contributed by atoms with Crippen molar-refractivity contribution in [3.8, 4) is 5.75 Å². The third-order valence-corrected chi connectivity index (χ3v) is 11.6. The van der Waals surface area contributed by atoms with Crippen LogP contribution in [0.25, 0.3) is 0 Å². The minimum absolute atomic E-state index is 0.0854. The van der Waals surface area contributed by atoms with Crippen LogP contribution in [0.1, 0.15) is 61.5 Å². The van der Waals surface area contributed by atoms with E-state index >= 15 is 4.39 Å². The summed E-state index contributed by atoms with van der Waals surface area (Å²) in [5.41, 5.74) is 0.764. The van der Waals surface area contributed by atoms with Gasteiger partial charge in [-0.25, -0.2) is 8.78 Å². The molecular weight excluding hydrogens is 630 g/mol. The van der Waals surface area contributed by atoms with E-state index in [2.05, 4.69) is 9.80 Å². The van der Waals surface area contributed by atoms with Gasteiger partial charge in [0.05, 0.1) is 13.7 Å². The number of likely N-dealkylation sites (tertiary alicyclic amines) is 2. The number of ether oxygens (including phenoxy) is 3. The number of anilines is 1. The summed E-state index contributed by atoms with van der Waals surface area (Å²) in [6, 6.07) is 12.7. The molecule has 4 heterocycles. The topological polar surface area (TPSA) is 78.0 Å². The number of nitrogens with zero attached hydrogens (tertiary/aromatic N) is 4. The lowest BCUT2D eigenvalue weighted by Gasteiger charge is -2.41. The van der Waals surface area contributed by atoms with E-state index in [1.165, 1.54) is 6.07 Å². The van der Waals surface area contributed by atoms with Crippen molar-refractivity contribution < 1.29 is 32.9 Å². The minimum Gasteiger partial charge on any atom is -0.497 e. The molecular formula is C38H54F2N4O5. The first-order chi connectivity index (χ1) is 23.7. The summed E-state index contributed by atoms with van der Waals surface area (Å²) in [6.45, 7) is 5.50. The number of carbonyl (C=O) groups is 1. The summed E-state index contributed by atoms with van der Waals surface area (Å²) in [5, 5.41) is 10.9. The van der Waals surface area contributed by atoms with E-state index in [9.17, 15) is 14.3 Å². The normalized spacial score (nSPS) is 25.7. The van der Waals surface area contributed by atoms with Crippen LogP contribution in [0, 0.1) is 11.7 Å². The van der Waals surface area contributed by atoms with Gasteiger partial charge in [-0.3, -0.25) is 14.6 Å². The summed E-state index contributed by atoms with van der Waals surface area (Å²) in [6.07, 6.45) is 4.13. The quantitative estimate of drug-likeness (QED) is 0.344. The fourth-order valence-electron chi connectivity index (χ4n) is 8.56. The molecule has 2 aromatic rings. The molecule has 270 valence electrons. The van der Waals surface area contributed by atoms with E-state index in [4.69, 9.17) is 14.2 Å². The number of carbonyl (C=O) groups excluding carboxylic acids is 1. The molecule has 2 aromatic carbocycles. The molecule has 4 aliphatic rings. The van der Waals surface area contributed by atoms with Crippen LogP contribution in [-0.2, 0) is 14.3 Å². The number of hydrogen-bond acceptors (Lipinski definition) is 8. The number of rotatable bonds is 11. The van der Waals surface area contributed by atoms with Gasteiger partial charge in [0.15, 0.2) is 0 Å². The van der Waals surface area contributed by atoms with Crippen LogP contribution in [0.3, 0.4) is 0 Å². The summed E-state index contributed by atoms with van der Waals surface area (Å²) >= 11 is 0. The van der Waals surface area contributed by atoms with Crippen LogP contribution in [0.4, 0.5) is 14.5 Å². The maximum Gasteiger partial charge on any atom is 0.262 e. The molecule has 0 radical (unpaired) electrons. The maximum atomic E-state index is 17.4. The third-order valence-electron chi connectivity index (χ3n) is 11.6. The predicted octanol–water partition coefficient (Wildman–Crippen LogP) is 4.64. The number of methoxy groups -OCH3 is 2. The number of piperidine rings is 2. The monoisotopic (exact) mass is 684 g/mol. The third kappa shape index (κ3) is 7.91. The van der Waals surface area contributed by atoms with Crippen molar-refractivity contribution in [3.05, 3.63) is 59.4 Å². The fraction of sp³-hybridized carbons (Fsp3) is 0.658. The zero-order valence-electron chi connectivity index (χ0n) is 29.4. The minimum atomic E-state index is -2.03. The Bertz CT molecular complexity index is 1380. The lowest BCUT2D eigenvalue weighted by Crippen LogP contribution is -2.53. The van der Waals surface area contributed by atoms with Crippen LogP contribution in [0.5, 0.6) is 5.75 Å². The van der Waals surface area contributed by atoms with Crippen molar-refractivity contribution in [2.45, 2.75) is 68.3 Å². The number of amides is 1. The molecule has 0 bridgehead atoms. The highest BCUT2D eigenvalue weighted by Gasteiger charge is 2.56. The van der Waals surface area contributed by atoms with Crippen molar-refractivity contribution in [1.82, 2.24) is 14.7 Å². The number of benzene rings is 2. The SMILES string of the molecule is COCCN(C)[C@H](O)C1CCN(c2cc(F)ccc2C2CCN(C(=O)[C@]3(F)CN(C4CCOCC4)C[C@H]3c3ccc(OC)cc3)CC2)CC1. The zero-order valence-corrected chi connectivity index (χ0v) is 29.4. The van der Waals surface area contributed by atoms with Gasteiger partial charge in [-0.15, -0.1) is 0 Å². The maximum absolute atomic E-state index is 17.4. The second-order valence-corrected chi connectivity index (χ2v) is 14.4. The van der Waals surface area contributed by atoms with Gasteiger partial charge in [0, 0.05) is 89.7 Å². The molecule has 4 fully saturated rings. The lowest BCUT2D eigenvalue weighted by atomic mass is 9.83. The molecule has 4 aliphatic heterocycles. The Kier molecular flexibility index (Phi) is 11.8. The summed E-state index contributed by atoms with van der Waals surface area (Å²) in [4.78, 5) is 22.3. The molecule has 6 rings (SSSR count). The fourth-order valence-corrected chi connectivity index (χ4v) is 8.56. The molecule has 0 aliphatic carbocycles. The highest BCUT2D eigenvalue weighted by molar-refractivity contribution is 5.87. The number of hydrogen-bond donors (Lipinski definition) is 1. The second kappa shape index (κ2) is 16.0. The van der Waals surface area contributed by atoms with E-state index in [-0.39, 0.29) is 30.2 Å². The van der Waals surface area contributed by atoms with Gasteiger partial charge in [-0.1, -0.05) is 18.2 Å². The van der Waals surface area contributed by atoms with E-state index in [1.807, 2.05) is 42.3 Å². The smallest absolute Gasteiger partial charge is 0.262 e. The summed E-state index contributed by atoms with van der Waals surface area (Å²) in [7, 11) is 5.18. The molecule has 9 nitrogen and oxygen atoms in total. The van der Waals surface area contributed by atoms with Gasteiger partial charge in [-0.05, 0) is 86.9 Å². The highest BCUT2D eigenvalue weighted by atomic mass is 19.1. The van der Waals surface area contributed by atoms with Gasteiger partial charge in [-0.2, -0.15) is 0 Å². The van der Waals surface area contributed by atoms with Crippen molar-refractivity contribution in [2.75, 3.05) is 91.8 Å². The summed E-state index contributed by atoms with van der Waals surface area (Å²) < 4.78 is 48.2. The Labute approximate surface area is 290 Å². The van der Waals surface area contributed by atoms with Gasteiger partial charge >= 0.3 is 0 Å². The van der Waals surface area contributed by atoms with Crippen LogP contribution in [0.2, 0.25) is 0 Å². The average Bonchev–Trinajstić information content (AvgIpc) is 3.52. The molecule has 11 heteroatoms. The Hall–Kier alpha value is -2.83. The largest absolute Gasteiger partial charge is 0.497 e. The predicted molar refractivity (Wildman–Crippen MR) is 185 cm³/mol. The van der Waals surface area contributed by atoms with Crippen LogP contribution >= 0.6 is 0 Å². The standard InChI is InChI=1S/C38H54F2N4O5/c1-41(20-23-47-2)36(45)29-12-16-42(17-13-29)35-24-30(39)6-9-33(35)27-10-18-43(19-11-27)37(46)38(40)26-44(31-14-21-49-22-15-31)25-34(38)28-4-7-32(48-3)8-5-28/h4-9,24,27,29,31,34,36,45H,10-23,25-26H2,1-3H3/t34-,36+,38-/m0/s1. The number of alkyl halides is 1. The van der Waals surface area contributed by atoms with Crippen molar-refractivity contribution >= 4 is 11.6 Å². The van der Waals surface area contributed by atoms with Gasteiger partial charge < -0.3 is 29.1 Å². The van der Waals surface area contributed by atoms with E-state index < -0.39 is 23.7 Å². The molecule has 4 saturated heterocycles. The van der Waals surface area contributed by atoms with E-state index in [1.54, 1.807) is 25.2 Å². The van der Waals surface area contributed by atoms with Gasteiger partial charge in [0.2, 0.25) is 5.67 Å². The average molecular weight is 685 g/mol. The molecule has 1 N–H and O–H groups in total. The second-order valence-electron chi connectivity index (χ2n) is 14.4. The van der Waals surface area contributed by atoms with E-state index in [0.29, 0.717) is 64.6 Å². The number of halogens is 2. The first-order valence-corrected chi connectivity index (χ1v) is 18.1. The Morgan fingerprint density at radius 3 is 2.37 bits per heavy atom. The van der Waals surface area contributed by atoms with Gasteiger partial charge in [0.1, 0.15) is 17.8 Å². The molecule has 0 unspecified atom stereocenters. The van der Waals surface area contributed by atoms with Crippen molar-refractivity contribution in [1.29, 1.82) is 0 Å². The Morgan fingerprint density at radius 1 is 1.02 bits per heavy atom. The molecule has 3 atom stereocenters. The molecule has 0 aromatic heterocycles. The molecule has 0 spiro atoms. The summed E-state index contributed by atoms with van der Waals surface area (Å²) in [5.74, 6) is -0.288. The molecule has 0 saturated carbocycles. The highest BCUT2D eigenvalue weighted by Crippen LogP contribution is 2.44. The van der Waals surface area contributed by atoms with E-state index in [0.717, 1.165) is 55.6 Å².